The molecule has 30 heavy (non-hydrogen) atoms. The minimum Gasteiger partial charge on any atom is -0.488 e. The van der Waals surface area contributed by atoms with Gasteiger partial charge in [0.05, 0.1) is 4.47 Å². The molecular formula is C23H23BrF2O4. The molecule has 160 valence electrons. The fourth-order valence-corrected chi connectivity index (χ4v) is 3.23. The highest BCUT2D eigenvalue weighted by Gasteiger charge is 2.27. The van der Waals surface area contributed by atoms with Gasteiger partial charge in [0, 0.05) is 19.4 Å². The van der Waals surface area contributed by atoms with Crippen LogP contribution in [0.25, 0.3) is 0 Å². The van der Waals surface area contributed by atoms with Crippen LogP contribution >= 0.6 is 15.9 Å². The fraction of sp³-hybridized carbons (Fsp3) is 0.348. The van der Waals surface area contributed by atoms with Crippen LogP contribution in [-0.2, 0) is 16.0 Å². The van der Waals surface area contributed by atoms with E-state index >= 15 is 0 Å². The number of carboxylic acid groups (broad SMARTS) is 1. The van der Waals surface area contributed by atoms with E-state index in [4.69, 9.17) is 9.47 Å². The summed E-state index contributed by atoms with van der Waals surface area (Å²) in [4.78, 5) is 11.2. The van der Waals surface area contributed by atoms with Gasteiger partial charge >= 0.3 is 5.97 Å². The molecule has 1 aliphatic rings. The number of benzene rings is 1. The van der Waals surface area contributed by atoms with E-state index in [-0.39, 0.29) is 19.4 Å². The molecule has 2 rings (SSSR count). The van der Waals surface area contributed by atoms with E-state index in [0.717, 1.165) is 5.56 Å². The van der Waals surface area contributed by atoms with Gasteiger partial charge in [0.25, 0.3) is 0 Å². The molecule has 0 saturated heterocycles. The van der Waals surface area contributed by atoms with Crippen LogP contribution in [0.4, 0.5) is 8.78 Å². The van der Waals surface area contributed by atoms with Crippen LogP contribution in [0.3, 0.4) is 0 Å². The average molecular weight is 481 g/mol. The van der Waals surface area contributed by atoms with Gasteiger partial charge in [-0.15, -0.1) is 0 Å². The molecule has 0 radical (unpaired) electrons. The van der Waals surface area contributed by atoms with Crippen molar-refractivity contribution in [3.8, 4) is 17.6 Å². The van der Waals surface area contributed by atoms with E-state index in [1.807, 2.05) is 0 Å². The maximum absolute atomic E-state index is 14.4. The number of carboxylic acids is 1. The highest BCUT2D eigenvalue weighted by atomic mass is 79.9. The highest BCUT2D eigenvalue weighted by molar-refractivity contribution is 9.10. The minimum absolute atomic E-state index is 0.207. The summed E-state index contributed by atoms with van der Waals surface area (Å²) in [6, 6.07) is 5.29. The quantitative estimate of drug-likeness (QED) is 0.510. The van der Waals surface area contributed by atoms with E-state index < -0.39 is 23.6 Å². The van der Waals surface area contributed by atoms with E-state index in [2.05, 4.69) is 27.8 Å². The van der Waals surface area contributed by atoms with Crippen molar-refractivity contribution in [1.82, 2.24) is 0 Å². The van der Waals surface area contributed by atoms with E-state index in [1.165, 1.54) is 18.2 Å². The molecule has 1 aromatic carbocycles. The van der Waals surface area contributed by atoms with Crippen LogP contribution in [0.2, 0.25) is 0 Å². The predicted octanol–water partition coefficient (Wildman–Crippen LogP) is 5.33. The average Bonchev–Trinajstić information content (AvgIpc) is 2.67. The number of aliphatic carboxylic acids is 1. The van der Waals surface area contributed by atoms with Crippen molar-refractivity contribution in [2.24, 2.45) is 0 Å². The Bertz CT molecular complexity index is 927. The first kappa shape index (κ1) is 23.8. The first-order chi connectivity index (χ1) is 14.2. The molecule has 1 aromatic rings. The van der Waals surface area contributed by atoms with E-state index in [9.17, 15) is 18.7 Å². The minimum atomic E-state index is -2.00. The molecule has 1 aliphatic carbocycles. The van der Waals surface area contributed by atoms with E-state index in [0.29, 0.717) is 22.4 Å². The topological polar surface area (TPSA) is 55.8 Å². The second kappa shape index (κ2) is 11.1. The lowest BCUT2D eigenvalue weighted by molar-refractivity contribution is -0.149. The smallest absolute Gasteiger partial charge is 0.333 e. The second-order valence-electron chi connectivity index (χ2n) is 6.71. The summed E-state index contributed by atoms with van der Waals surface area (Å²) < 4.78 is 39.2. The lowest BCUT2D eigenvalue weighted by Crippen LogP contribution is -2.26. The van der Waals surface area contributed by atoms with E-state index in [1.54, 1.807) is 38.1 Å². The van der Waals surface area contributed by atoms with Gasteiger partial charge in [-0.25, -0.2) is 13.6 Å². The van der Waals surface area contributed by atoms with Crippen molar-refractivity contribution in [3.05, 3.63) is 63.9 Å². The van der Waals surface area contributed by atoms with Crippen molar-refractivity contribution in [1.29, 1.82) is 0 Å². The summed E-state index contributed by atoms with van der Waals surface area (Å²) >= 11 is 3.42. The third-order valence-electron chi connectivity index (χ3n) is 4.22. The standard InChI is InChI=1S/C23H23BrF2O4/c1-3-29-21(22(27)28)14-17-6-7-20(19(24)13-17)30-12-9-16(2)8-11-23(26)10-4-5-18(25)15-23/h4-7,9-10,13,21H,3,12,14-15H2,1-2H3,(H,27,28)/b16-9-/t21-,23?/m0/s1. The Morgan fingerprint density at radius 2 is 2.23 bits per heavy atom. The number of allylic oxidation sites excluding steroid dienone is 5. The number of carbonyl (C=O) groups is 1. The number of halogens is 3. The van der Waals surface area contributed by atoms with Gasteiger partial charge in [0.15, 0.2) is 11.8 Å². The Morgan fingerprint density at radius 3 is 2.87 bits per heavy atom. The Balaban J connectivity index is 1.95. The van der Waals surface area contributed by atoms with Crippen LogP contribution in [0.1, 0.15) is 25.8 Å². The third kappa shape index (κ3) is 7.43. The number of ether oxygens (including phenoxy) is 2. The molecular weight excluding hydrogens is 458 g/mol. The Kier molecular flexibility index (Phi) is 8.82. The van der Waals surface area contributed by atoms with Crippen LogP contribution in [0, 0.1) is 11.8 Å². The van der Waals surface area contributed by atoms with Crippen molar-refractivity contribution in [3.63, 3.8) is 0 Å². The predicted molar refractivity (Wildman–Crippen MR) is 115 cm³/mol. The summed E-state index contributed by atoms with van der Waals surface area (Å²) in [5.41, 5.74) is -0.602. The van der Waals surface area contributed by atoms with Gasteiger partial charge in [0.1, 0.15) is 18.2 Å². The molecule has 1 N–H and O–H groups in total. The van der Waals surface area contributed by atoms with Gasteiger partial charge in [-0.05, 0) is 71.3 Å². The molecule has 2 atom stereocenters. The second-order valence-corrected chi connectivity index (χ2v) is 7.57. The van der Waals surface area contributed by atoms with Crippen LogP contribution in [0.5, 0.6) is 5.75 Å². The summed E-state index contributed by atoms with van der Waals surface area (Å²) in [5, 5.41) is 9.19. The summed E-state index contributed by atoms with van der Waals surface area (Å²) in [6.07, 6.45) is 4.44. The number of alkyl halides is 1. The fourth-order valence-electron chi connectivity index (χ4n) is 2.69. The Morgan fingerprint density at radius 1 is 1.47 bits per heavy atom. The van der Waals surface area contributed by atoms with Gasteiger partial charge < -0.3 is 14.6 Å². The van der Waals surface area contributed by atoms with Gasteiger partial charge in [0.2, 0.25) is 0 Å². The highest BCUT2D eigenvalue weighted by Crippen LogP contribution is 2.28. The SMILES string of the molecule is CCO[C@@H](Cc1ccc(OC/C=C(/C)C#CC2(F)C=CC=C(F)C2)c(Br)c1)C(=O)O. The van der Waals surface area contributed by atoms with Crippen LogP contribution in [-0.4, -0.2) is 36.1 Å². The first-order valence-corrected chi connectivity index (χ1v) is 10.2. The lowest BCUT2D eigenvalue weighted by Gasteiger charge is -2.16. The first-order valence-electron chi connectivity index (χ1n) is 9.41. The largest absolute Gasteiger partial charge is 0.488 e. The molecule has 0 amide bonds. The van der Waals surface area contributed by atoms with Crippen molar-refractivity contribution >= 4 is 21.9 Å². The van der Waals surface area contributed by atoms with Crippen LogP contribution < -0.4 is 4.74 Å². The lowest BCUT2D eigenvalue weighted by atomic mass is 9.97. The third-order valence-corrected chi connectivity index (χ3v) is 4.84. The monoisotopic (exact) mass is 480 g/mol. The molecule has 7 heteroatoms. The molecule has 0 heterocycles. The molecule has 0 saturated carbocycles. The molecule has 0 fully saturated rings. The van der Waals surface area contributed by atoms with Crippen molar-refractivity contribution < 1.29 is 28.2 Å². The Labute approximate surface area is 183 Å². The van der Waals surface area contributed by atoms with Gasteiger partial charge in [-0.2, -0.15) is 0 Å². The van der Waals surface area contributed by atoms with Crippen LogP contribution in [0.15, 0.2) is 58.4 Å². The maximum Gasteiger partial charge on any atom is 0.333 e. The van der Waals surface area contributed by atoms with Gasteiger partial charge in [-0.1, -0.05) is 24.0 Å². The van der Waals surface area contributed by atoms with Crippen molar-refractivity contribution in [2.45, 2.75) is 38.5 Å². The van der Waals surface area contributed by atoms with Gasteiger partial charge in [-0.3, -0.25) is 0 Å². The molecule has 0 aromatic heterocycles. The maximum atomic E-state index is 14.4. The molecule has 0 spiro atoms. The Hall–Kier alpha value is -2.43. The number of rotatable bonds is 8. The molecule has 1 unspecified atom stereocenters. The zero-order valence-electron chi connectivity index (χ0n) is 16.8. The summed E-state index contributed by atoms with van der Waals surface area (Å²) in [5.74, 6) is 4.18. The summed E-state index contributed by atoms with van der Waals surface area (Å²) in [6.45, 7) is 3.99. The molecule has 4 nitrogen and oxygen atoms in total. The summed E-state index contributed by atoms with van der Waals surface area (Å²) in [7, 11) is 0. The number of hydrogen-bond donors (Lipinski definition) is 1. The zero-order chi connectivity index (χ0) is 22.1. The molecule has 0 bridgehead atoms. The zero-order valence-corrected chi connectivity index (χ0v) is 18.3. The normalized spacial score (nSPS) is 19.5. The molecule has 0 aliphatic heterocycles. The number of hydrogen-bond acceptors (Lipinski definition) is 3. The van der Waals surface area contributed by atoms with Crippen molar-refractivity contribution in [2.75, 3.05) is 13.2 Å².